The minimum Gasteiger partial charge on any atom is -0.378 e. The fraction of sp³-hybridized carbons (Fsp3) is 0.333. The van der Waals surface area contributed by atoms with Gasteiger partial charge in [0.25, 0.3) is 0 Å². The first-order valence-corrected chi connectivity index (χ1v) is 17.9. The first kappa shape index (κ1) is 34.2. The molecule has 4 heteroatoms. The zero-order valence-corrected chi connectivity index (χ0v) is 30.9. The van der Waals surface area contributed by atoms with Gasteiger partial charge in [-0.1, -0.05) is 60.7 Å². The Balaban J connectivity index is 1.20. The predicted octanol–water partition coefficient (Wildman–Crippen LogP) is 9.87. The predicted molar refractivity (Wildman–Crippen MR) is 212 cm³/mol. The molecular formula is C45H54N4+2. The molecule has 0 bridgehead atoms. The van der Waals surface area contributed by atoms with Crippen molar-refractivity contribution in [3.05, 3.63) is 131 Å². The van der Waals surface area contributed by atoms with Crippen molar-refractivity contribution >= 4 is 46.3 Å². The molecule has 0 aromatic heterocycles. The van der Waals surface area contributed by atoms with Crippen molar-refractivity contribution < 1.29 is 9.15 Å². The summed E-state index contributed by atoms with van der Waals surface area (Å²) in [5.74, 6) is 0. The van der Waals surface area contributed by atoms with Gasteiger partial charge in [-0.2, -0.15) is 9.15 Å². The SMILES string of the molecule is CN(C)c1ccc(/C=C/C2=[N+](CCCCC[N+]3=C(/C=C/c4ccc(N(C)C)cc4)C(C)(C)c4ccccc43)c3ccccc3C2(C)C)cc1. The van der Waals surface area contributed by atoms with Crippen molar-refractivity contribution in [2.24, 2.45) is 0 Å². The summed E-state index contributed by atoms with van der Waals surface area (Å²) in [5, 5.41) is 0. The fourth-order valence-electron chi connectivity index (χ4n) is 7.60. The average molecular weight is 651 g/mol. The lowest BCUT2D eigenvalue weighted by Gasteiger charge is -2.15. The highest BCUT2D eigenvalue weighted by molar-refractivity contribution is 6.06. The lowest BCUT2D eigenvalue weighted by atomic mass is 9.81. The Labute approximate surface area is 295 Å². The number of anilines is 2. The Kier molecular flexibility index (Phi) is 9.79. The van der Waals surface area contributed by atoms with E-state index in [1.165, 1.54) is 62.8 Å². The maximum absolute atomic E-state index is 2.58. The van der Waals surface area contributed by atoms with E-state index in [0.717, 1.165) is 25.9 Å². The van der Waals surface area contributed by atoms with E-state index >= 15 is 0 Å². The van der Waals surface area contributed by atoms with Crippen molar-refractivity contribution in [3.63, 3.8) is 0 Å². The third kappa shape index (κ3) is 6.92. The minimum absolute atomic E-state index is 0.0511. The highest BCUT2D eigenvalue weighted by Gasteiger charge is 2.45. The molecule has 0 aliphatic carbocycles. The summed E-state index contributed by atoms with van der Waals surface area (Å²) in [7, 11) is 8.34. The number of allylic oxidation sites excluding steroid dienone is 2. The number of hydrogen-bond donors (Lipinski definition) is 0. The van der Waals surface area contributed by atoms with Crippen LogP contribution in [0.4, 0.5) is 22.7 Å². The van der Waals surface area contributed by atoms with E-state index in [9.17, 15) is 0 Å². The Morgan fingerprint density at radius 2 is 0.837 bits per heavy atom. The molecule has 2 aliphatic heterocycles. The molecule has 0 amide bonds. The summed E-state index contributed by atoms with van der Waals surface area (Å²) in [6.45, 7) is 11.5. The number of hydrogen-bond acceptors (Lipinski definition) is 2. The molecule has 0 radical (unpaired) electrons. The fourth-order valence-corrected chi connectivity index (χ4v) is 7.60. The van der Waals surface area contributed by atoms with Gasteiger partial charge in [-0.15, -0.1) is 0 Å². The van der Waals surface area contributed by atoms with Crippen LogP contribution in [0.3, 0.4) is 0 Å². The van der Waals surface area contributed by atoms with E-state index in [0.29, 0.717) is 0 Å². The van der Waals surface area contributed by atoms with E-state index in [1.807, 2.05) is 0 Å². The van der Waals surface area contributed by atoms with Gasteiger partial charge in [-0.25, -0.2) is 0 Å². The van der Waals surface area contributed by atoms with Gasteiger partial charge in [-0.05, 0) is 81.7 Å². The maximum atomic E-state index is 2.58. The summed E-state index contributed by atoms with van der Waals surface area (Å²) >= 11 is 0. The molecule has 4 aromatic carbocycles. The summed E-state index contributed by atoms with van der Waals surface area (Å²) in [6, 6.07) is 35.6. The van der Waals surface area contributed by atoms with Gasteiger partial charge in [0.05, 0.1) is 10.8 Å². The number of fused-ring (bicyclic) bond motifs is 2. The zero-order chi connectivity index (χ0) is 34.8. The van der Waals surface area contributed by atoms with Crippen LogP contribution in [0, 0.1) is 0 Å². The molecule has 2 aliphatic rings. The molecule has 0 saturated carbocycles. The second-order valence-corrected chi connectivity index (χ2v) is 15.1. The Hall–Kier alpha value is -4.70. The Bertz CT molecular complexity index is 1770. The van der Waals surface area contributed by atoms with Gasteiger partial charge in [0.15, 0.2) is 11.4 Å². The summed E-state index contributed by atoms with van der Waals surface area (Å²) in [6.07, 6.45) is 12.7. The van der Waals surface area contributed by atoms with Crippen molar-refractivity contribution in [1.29, 1.82) is 0 Å². The molecule has 0 unspecified atom stereocenters. The van der Waals surface area contributed by atoms with E-state index < -0.39 is 0 Å². The maximum Gasteiger partial charge on any atom is 0.209 e. The second kappa shape index (κ2) is 14.0. The molecule has 49 heavy (non-hydrogen) atoms. The highest BCUT2D eigenvalue weighted by Crippen LogP contribution is 2.41. The first-order valence-electron chi connectivity index (χ1n) is 17.9. The molecule has 0 spiro atoms. The molecule has 2 heterocycles. The number of unbranched alkanes of at least 4 members (excludes halogenated alkanes) is 2. The zero-order valence-electron chi connectivity index (χ0n) is 30.9. The summed E-state index contributed by atoms with van der Waals surface area (Å²) in [5.41, 5.74) is 13.1. The normalized spacial score (nSPS) is 16.2. The van der Waals surface area contributed by atoms with Gasteiger partial charge in [0.2, 0.25) is 11.4 Å². The van der Waals surface area contributed by atoms with Crippen molar-refractivity contribution in [3.8, 4) is 0 Å². The van der Waals surface area contributed by atoms with Crippen LogP contribution >= 0.6 is 0 Å². The van der Waals surface area contributed by atoms with Gasteiger partial charge in [0.1, 0.15) is 13.1 Å². The standard InChI is InChI=1S/C45H54N4/c1-44(2)38-16-10-12-18-40(38)48(42(44)30-24-34-20-26-36(27-21-34)46(5)6)32-14-9-15-33-49-41-19-13-11-17-39(41)45(3,4)43(49)31-25-35-22-28-37(29-23-35)47(7)8/h10-13,16-31H,9,14-15,32-33H2,1-8H3/q+2. The second-order valence-electron chi connectivity index (χ2n) is 15.1. The molecule has 4 aromatic rings. The minimum atomic E-state index is -0.0511. The van der Waals surface area contributed by atoms with Crippen LogP contribution < -0.4 is 9.80 Å². The molecule has 0 atom stereocenters. The number of nitrogens with zero attached hydrogens (tertiary/aromatic N) is 4. The molecule has 0 fully saturated rings. The summed E-state index contributed by atoms with van der Waals surface area (Å²) in [4.78, 5) is 4.29. The molecule has 252 valence electrons. The Morgan fingerprint density at radius 3 is 1.20 bits per heavy atom. The van der Waals surface area contributed by atoms with E-state index in [-0.39, 0.29) is 10.8 Å². The molecule has 0 N–H and O–H groups in total. The lowest BCUT2D eigenvalue weighted by Crippen LogP contribution is -2.28. The smallest absolute Gasteiger partial charge is 0.209 e. The highest BCUT2D eigenvalue weighted by atomic mass is 15.1. The van der Waals surface area contributed by atoms with Crippen LogP contribution in [-0.4, -0.2) is 61.9 Å². The van der Waals surface area contributed by atoms with Crippen LogP contribution in [0.15, 0.2) is 109 Å². The van der Waals surface area contributed by atoms with Crippen LogP contribution in [0.25, 0.3) is 12.2 Å². The van der Waals surface area contributed by atoms with Crippen LogP contribution in [0.5, 0.6) is 0 Å². The van der Waals surface area contributed by atoms with Gasteiger partial charge in [-0.3, -0.25) is 0 Å². The monoisotopic (exact) mass is 650 g/mol. The van der Waals surface area contributed by atoms with Crippen molar-refractivity contribution in [2.45, 2.75) is 57.8 Å². The van der Waals surface area contributed by atoms with Gasteiger partial charge in [0, 0.05) is 87.8 Å². The molecular weight excluding hydrogens is 597 g/mol. The van der Waals surface area contributed by atoms with Crippen LogP contribution in [0.1, 0.15) is 69.2 Å². The van der Waals surface area contributed by atoms with Gasteiger partial charge >= 0.3 is 0 Å². The average Bonchev–Trinajstić information content (AvgIpc) is 3.44. The van der Waals surface area contributed by atoms with Gasteiger partial charge < -0.3 is 9.80 Å². The summed E-state index contributed by atoms with van der Waals surface area (Å²) < 4.78 is 5.16. The molecule has 4 nitrogen and oxygen atoms in total. The number of rotatable bonds is 12. The van der Waals surface area contributed by atoms with Crippen LogP contribution in [0.2, 0.25) is 0 Å². The van der Waals surface area contributed by atoms with E-state index in [1.54, 1.807) is 0 Å². The first-order chi connectivity index (χ1) is 23.5. The lowest BCUT2D eigenvalue weighted by molar-refractivity contribution is -0.443. The van der Waals surface area contributed by atoms with E-state index in [2.05, 4.69) is 196 Å². The number of benzene rings is 4. The third-order valence-corrected chi connectivity index (χ3v) is 10.5. The molecule has 6 rings (SSSR count). The van der Waals surface area contributed by atoms with Crippen LogP contribution in [-0.2, 0) is 10.8 Å². The number of para-hydroxylation sites is 2. The third-order valence-electron chi connectivity index (χ3n) is 10.5. The Morgan fingerprint density at radius 1 is 0.469 bits per heavy atom. The molecule has 0 saturated heterocycles. The largest absolute Gasteiger partial charge is 0.378 e. The van der Waals surface area contributed by atoms with E-state index in [4.69, 9.17) is 0 Å². The quantitative estimate of drug-likeness (QED) is 0.112. The topological polar surface area (TPSA) is 12.5 Å². The van der Waals surface area contributed by atoms with Crippen molar-refractivity contribution in [1.82, 2.24) is 0 Å². The van der Waals surface area contributed by atoms with Crippen molar-refractivity contribution in [2.75, 3.05) is 51.1 Å².